The third-order valence-electron chi connectivity index (χ3n) is 15.5. The van der Waals surface area contributed by atoms with Crippen molar-refractivity contribution >= 4 is 66.4 Å². The van der Waals surface area contributed by atoms with Crippen LogP contribution in [-0.2, 0) is 0 Å². The van der Waals surface area contributed by atoms with Gasteiger partial charge in [0.15, 0.2) is 0 Å². The predicted octanol–water partition coefficient (Wildman–Crippen LogP) is 21.5. The maximum atomic E-state index is 2.45. The quantitative estimate of drug-likeness (QED) is 0.113. The first kappa shape index (κ1) is 46.3. The van der Waals surface area contributed by atoms with Crippen LogP contribution < -0.4 is 9.80 Å². The Bertz CT molecular complexity index is 4110. The zero-order valence-electron chi connectivity index (χ0n) is 42.9. The van der Waals surface area contributed by atoms with E-state index in [1.54, 1.807) is 0 Å². The molecule has 14 rings (SSSR count). The van der Waals surface area contributed by atoms with Crippen LogP contribution in [-0.4, -0.2) is 0 Å². The highest BCUT2D eigenvalue weighted by molar-refractivity contribution is 6.28. The van der Waals surface area contributed by atoms with Crippen LogP contribution in [0.3, 0.4) is 0 Å². The summed E-state index contributed by atoms with van der Waals surface area (Å²) in [6.07, 6.45) is 0. The molecule has 0 unspecified atom stereocenters. The van der Waals surface area contributed by atoms with Crippen LogP contribution >= 0.6 is 0 Å². The third-order valence-corrected chi connectivity index (χ3v) is 15.5. The minimum absolute atomic E-state index is 1.08. The van der Waals surface area contributed by atoms with E-state index in [2.05, 4.69) is 325 Å². The molecule has 2 heteroatoms. The fourth-order valence-electron chi connectivity index (χ4n) is 11.8. The van der Waals surface area contributed by atoms with E-state index in [1.165, 1.54) is 76.8 Å². The van der Waals surface area contributed by atoms with Gasteiger partial charge >= 0.3 is 0 Å². The molecule has 0 spiro atoms. The maximum Gasteiger partial charge on any atom is 0.0540 e. The molecule has 0 atom stereocenters. The Labute approximate surface area is 456 Å². The first-order valence-electron chi connectivity index (χ1n) is 26.8. The van der Waals surface area contributed by atoms with Gasteiger partial charge in [0, 0.05) is 33.6 Å². The van der Waals surface area contributed by atoms with Crippen molar-refractivity contribution < 1.29 is 0 Å². The van der Waals surface area contributed by atoms with Crippen LogP contribution in [0.5, 0.6) is 0 Å². The molecule has 78 heavy (non-hydrogen) atoms. The van der Waals surface area contributed by atoms with Gasteiger partial charge in [-0.25, -0.2) is 0 Å². The fourth-order valence-corrected chi connectivity index (χ4v) is 11.8. The Kier molecular flexibility index (Phi) is 11.9. The van der Waals surface area contributed by atoms with E-state index in [0.29, 0.717) is 0 Å². The number of hydrogen-bond donors (Lipinski definition) is 0. The van der Waals surface area contributed by atoms with Crippen molar-refractivity contribution in [3.8, 4) is 66.8 Å². The largest absolute Gasteiger partial charge is 0.309 e. The standard InChI is InChI=1S/C76H52N2/c1-5-21-53(22-6-1)55-37-45-61(46-38-55)77(71-33-17-13-29-63(71)57-25-9-3-10-26-57)73-35-19-15-31-67(73)65-49-41-59-44-52-70-66(50-42-60-43-51-69(65)75(59)76(60)70)68-32-16-20-36-74(68)78(62-47-39-56(40-48-62)54-23-7-2-8-24-54)72-34-18-14-30-64(72)58-27-11-4-12-28-58/h1-52H. The molecule has 0 N–H and O–H groups in total. The highest BCUT2D eigenvalue weighted by Gasteiger charge is 2.25. The maximum absolute atomic E-state index is 2.45. The van der Waals surface area contributed by atoms with E-state index >= 15 is 0 Å². The van der Waals surface area contributed by atoms with Crippen LogP contribution in [0.1, 0.15) is 0 Å². The summed E-state index contributed by atoms with van der Waals surface area (Å²) in [6.45, 7) is 0. The Hall–Kier alpha value is -10.3. The summed E-state index contributed by atoms with van der Waals surface area (Å²) < 4.78 is 0. The Morgan fingerprint density at radius 2 is 0.436 bits per heavy atom. The van der Waals surface area contributed by atoms with Gasteiger partial charge in [-0.1, -0.05) is 267 Å². The van der Waals surface area contributed by atoms with Gasteiger partial charge in [0.25, 0.3) is 0 Å². The lowest BCUT2D eigenvalue weighted by Crippen LogP contribution is -2.12. The van der Waals surface area contributed by atoms with E-state index in [9.17, 15) is 0 Å². The highest BCUT2D eigenvalue weighted by atomic mass is 15.2. The SMILES string of the molecule is c1ccc(-c2ccc(N(c3ccccc3-c3ccccc3)c3ccccc3-c3ccc4ccc5c(-c6ccccc6N(c6ccc(-c7ccccc7)cc6)c6ccccc6-c6ccccc6)ccc6ccc3c4c65)cc2)cc1. The van der Waals surface area contributed by atoms with E-state index in [0.717, 1.165) is 56.4 Å². The summed E-state index contributed by atoms with van der Waals surface area (Å²) in [5.41, 5.74) is 20.7. The topological polar surface area (TPSA) is 6.48 Å². The lowest BCUT2D eigenvalue weighted by Gasteiger charge is -2.30. The smallest absolute Gasteiger partial charge is 0.0540 e. The molecule has 0 fully saturated rings. The summed E-state index contributed by atoms with van der Waals surface area (Å²) in [4.78, 5) is 4.91. The Morgan fingerprint density at radius 3 is 0.795 bits per heavy atom. The van der Waals surface area contributed by atoms with Crippen molar-refractivity contribution in [2.24, 2.45) is 0 Å². The molecule has 0 aliphatic carbocycles. The van der Waals surface area contributed by atoms with Gasteiger partial charge in [0.05, 0.1) is 22.7 Å². The molecule has 14 aromatic carbocycles. The zero-order chi connectivity index (χ0) is 51.8. The molecule has 0 radical (unpaired) electrons. The minimum Gasteiger partial charge on any atom is -0.309 e. The molecule has 0 aliphatic rings. The van der Waals surface area contributed by atoms with Gasteiger partial charge < -0.3 is 9.80 Å². The second-order valence-corrected chi connectivity index (χ2v) is 19.9. The lowest BCUT2D eigenvalue weighted by molar-refractivity contribution is 1.28. The van der Waals surface area contributed by atoms with Crippen LogP contribution in [0.4, 0.5) is 34.1 Å². The summed E-state index contributed by atoms with van der Waals surface area (Å²) >= 11 is 0. The third kappa shape index (κ3) is 8.34. The van der Waals surface area contributed by atoms with Gasteiger partial charge in [-0.05, 0) is 125 Å². The number of rotatable bonds is 12. The van der Waals surface area contributed by atoms with Gasteiger partial charge in [0.2, 0.25) is 0 Å². The number of para-hydroxylation sites is 4. The van der Waals surface area contributed by atoms with E-state index in [-0.39, 0.29) is 0 Å². The molecular formula is C76H52N2. The molecule has 366 valence electrons. The van der Waals surface area contributed by atoms with Crippen LogP contribution in [0.15, 0.2) is 315 Å². The first-order valence-corrected chi connectivity index (χ1v) is 26.8. The van der Waals surface area contributed by atoms with Crippen molar-refractivity contribution in [3.63, 3.8) is 0 Å². The Balaban J connectivity index is 0.946. The second-order valence-electron chi connectivity index (χ2n) is 19.9. The van der Waals surface area contributed by atoms with Crippen molar-refractivity contribution in [1.29, 1.82) is 0 Å². The second kappa shape index (κ2) is 20.1. The van der Waals surface area contributed by atoms with Crippen molar-refractivity contribution in [2.75, 3.05) is 9.80 Å². The molecule has 0 aromatic heterocycles. The normalized spacial score (nSPS) is 11.3. The van der Waals surface area contributed by atoms with Crippen LogP contribution in [0, 0.1) is 0 Å². The molecule has 14 aromatic rings. The zero-order valence-corrected chi connectivity index (χ0v) is 42.9. The highest BCUT2D eigenvalue weighted by Crippen LogP contribution is 2.51. The first-order chi connectivity index (χ1) is 38.7. The minimum atomic E-state index is 1.08. The molecule has 2 nitrogen and oxygen atoms in total. The van der Waals surface area contributed by atoms with Gasteiger partial charge in [0.1, 0.15) is 0 Å². The fraction of sp³-hybridized carbons (Fsp3) is 0. The monoisotopic (exact) mass is 992 g/mol. The Morgan fingerprint density at radius 1 is 0.167 bits per heavy atom. The van der Waals surface area contributed by atoms with Crippen molar-refractivity contribution in [3.05, 3.63) is 315 Å². The summed E-state index contributed by atoms with van der Waals surface area (Å²) in [7, 11) is 0. The number of nitrogens with zero attached hydrogens (tertiary/aromatic N) is 2. The van der Waals surface area contributed by atoms with E-state index in [4.69, 9.17) is 0 Å². The van der Waals surface area contributed by atoms with Crippen molar-refractivity contribution in [2.45, 2.75) is 0 Å². The molecule has 0 heterocycles. The molecule has 0 aliphatic heterocycles. The van der Waals surface area contributed by atoms with E-state index < -0.39 is 0 Å². The number of hydrogen-bond acceptors (Lipinski definition) is 2. The number of benzene rings is 14. The number of anilines is 6. The molecular weight excluding hydrogens is 941 g/mol. The van der Waals surface area contributed by atoms with Crippen LogP contribution in [0.25, 0.3) is 99.1 Å². The average Bonchev–Trinajstić information content (AvgIpc) is 3.70. The molecule has 0 saturated carbocycles. The van der Waals surface area contributed by atoms with Crippen molar-refractivity contribution in [1.82, 2.24) is 0 Å². The molecule has 0 bridgehead atoms. The molecule has 0 saturated heterocycles. The van der Waals surface area contributed by atoms with Gasteiger partial charge in [-0.15, -0.1) is 0 Å². The van der Waals surface area contributed by atoms with Gasteiger partial charge in [-0.3, -0.25) is 0 Å². The molecule has 0 amide bonds. The lowest BCUT2D eigenvalue weighted by atomic mass is 9.86. The average molecular weight is 993 g/mol. The van der Waals surface area contributed by atoms with Crippen LogP contribution in [0.2, 0.25) is 0 Å². The predicted molar refractivity (Wildman–Crippen MR) is 332 cm³/mol. The summed E-state index contributed by atoms with van der Waals surface area (Å²) in [5, 5.41) is 7.40. The summed E-state index contributed by atoms with van der Waals surface area (Å²) in [6, 6.07) is 115. The van der Waals surface area contributed by atoms with Gasteiger partial charge in [-0.2, -0.15) is 0 Å². The summed E-state index contributed by atoms with van der Waals surface area (Å²) in [5.74, 6) is 0. The van der Waals surface area contributed by atoms with E-state index in [1.807, 2.05) is 0 Å².